The summed E-state index contributed by atoms with van der Waals surface area (Å²) in [6, 6.07) is 15.9. The summed E-state index contributed by atoms with van der Waals surface area (Å²) >= 11 is 0. The smallest absolute Gasteiger partial charge is 0.321 e. The predicted molar refractivity (Wildman–Crippen MR) is 109 cm³/mol. The average molecular weight is 387 g/mol. The molecule has 0 aliphatic heterocycles. The molecule has 0 aliphatic carbocycles. The normalized spacial score (nSPS) is 11.0. The fourth-order valence-electron chi connectivity index (χ4n) is 2.86. The maximum atomic E-state index is 5.79. The second-order valence-corrected chi connectivity index (χ2v) is 6.97. The lowest BCUT2D eigenvalue weighted by Gasteiger charge is -2.09. The Balaban J connectivity index is 1.57. The molecule has 0 atom stereocenters. The Hall–Kier alpha value is -3.58. The largest absolute Gasteiger partial charge is 0.424 e. The topological polar surface area (TPSA) is 77.2 Å². The Morgan fingerprint density at radius 2 is 1.69 bits per heavy atom. The third kappa shape index (κ3) is 4.47. The van der Waals surface area contributed by atoms with Gasteiger partial charge in [0.25, 0.3) is 5.89 Å². The van der Waals surface area contributed by atoms with Crippen LogP contribution in [0.25, 0.3) is 22.8 Å². The molecular formula is C22H21N5O2. The number of hydrogen-bond donors (Lipinski definition) is 0. The van der Waals surface area contributed by atoms with Crippen LogP contribution in [0.2, 0.25) is 0 Å². The van der Waals surface area contributed by atoms with Gasteiger partial charge >= 0.3 is 6.01 Å². The van der Waals surface area contributed by atoms with Crippen LogP contribution in [-0.2, 0) is 6.54 Å². The van der Waals surface area contributed by atoms with Gasteiger partial charge in [0.15, 0.2) is 0 Å². The first kappa shape index (κ1) is 18.8. The molecule has 0 unspecified atom stereocenters. The van der Waals surface area contributed by atoms with Gasteiger partial charge in [0.2, 0.25) is 5.82 Å². The van der Waals surface area contributed by atoms with E-state index in [2.05, 4.69) is 37.1 Å². The van der Waals surface area contributed by atoms with Crippen molar-refractivity contribution in [1.82, 2.24) is 25.0 Å². The first-order chi connectivity index (χ1) is 14.1. The summed E-state index contributed by atoms with van der Waals surface area (Å²) in [5.74, 6) is 1.61. The molecule has 0 saturated carbocycles. The highest BCUT2D eigenvalue weighted by atomic mass is 16.5. The molecule has 7 heteroatoms. The molecule has 146 valence electrons. The van der Waals surface area contributed by atoms with Crippen molar-refractivity contribution in [2.24, 2.45) is 0 Å². The zero-order chi connectivity index (χ0) is 20.2. The Morgan fingerprint density at radius 3 is 2.41 bits per heavy atom. The van der Waals surface area contributed by atoms with E-state index in [4.69, 9.17) is 9.26 Å². The van der Waals surface area contributed by atoms with Gasteiger partial charge in [-0.05, 0) is 50.3 Å². The van der Waals surface area contributed by atoms with Crippen LogP contribution in [-0.4, -0.2) is 39.1 Å². The molecule has 0 spiro atoms. The summed E-state index contributed by atoms with van der Waals surface area (Å²) in [5.41, 5.74) is 3.86. The molecule has 0 aliphatic rings. The summed E-state index contributed by atoms with van der Waals surface area (Å²) in [5, 5.41) is 4.13. The van der Waals surface area contributed by atoms with Crippen LogP contribution in [0.1, 0.15) is 11.1 Å². The molecule has 29 heavy (non-hydrogen) atoms. The fourth-order valence-corrected chi connectivity index (χ4v) is 2.86. The zero-order valence-electron chi connectivity index (χ0n) is 16.5. The Morgan fingerprint density at radius 1 is 0.966 bits per heavy atom. The van der Waals surface area contributed by atoms with Crippen LogP contribution < -0.4 is 4.74 Å². The van der Waals surface area contributed by atoms with Gasteiger partial charge in [-0.1, -0.05) is 35.5 Å². The van der Waals surface area contributed by atoms with Gasteiger partial charge < -0.3 is 14.2 Å². The highest BCUT2D eigenvalue weighted by Crippen LogP contribution is 2.29. The Kier molecular flexibility index (Phi) is 5.31. The first-order valence-electron chi connectivity index (χ1n) is 9.22. The minimum atomic E-state index is 0.289. The molecular weight excluding hydrogens is 366 g/mol. The molecule has 0 bridgehead atoms. The number of ether oxygens (including phenoxy) is 1. The van der Waals surface area contributed by atoms with Gasteiger partial charge in [0.05, 0.1) is 0 Å². The van der Waals surface area contributed by atoms with E-state index in [9.17, 15) is 0 Å². The van der Waals surface area contributed by atoms with Crippen molar-refractivity contribution in [3.63, 3.8) is 0 Å². The van der Waals surface area contributed by atoms with Crippen LogP contribution in [0.4, 0.5) is 0 Å². The Bertz CT molecular complexity index is 1090. The van der Waals surface area contributed by atoms with Crippen molar-refractivity contribution in [3.8, 4) is 34.6 Å². The highest BCUT2D eigenvalue weighted by Gasteiger charge is 2.13. The second-order valence-electron chi connectivity index (χ2n) is 6.97. The third-order valence-corrected chi connectivity index (χ3v) is 4.32. The molecule has 2 aromatic heterocycles. The highest BCUT2D eigenvalue weighted by molar-refractivity contribution is 5.62. The van der Waals surface area contributed by atoms with E-state index in [1.54, 1.807) is 18.5 Å². The maximum absolute atomic E-state index is 5.79. The second kappa shape index (κ2) is 8.20. The van der Waals surface area contributed by atoms with Gasteiger partial charge in [-0.2, -0.15) is 4.98 Å². The van der Waals surface area contributed by atoms with E-state index >= 15 is 0 Å². The number of nitrogens with zero attached hydrogens (tertiary/aromatic N) is 5. The van der Waals surface area contributed by atoms with E-state index in [0.29, 0.717) is 17.5 Å². The van der Waals surface area contributed by atoms with E-state index in [1.165, 1.54) is 5.56 Å². The monoisotopic (exact) mass is 387 g/mol. The van der Waals surface area contributed by atoms with Crippen LogP contribution >= 0.6 is 0 Å². The molecule has 2 heterocycles. The molecule has 0 radical (unpaired) electrons. The van der Waals surface area contributed by atoms with E-state index < -0.39 is 0 Å². The standard InChI is InChI=1S/C22H21N5O2/c1-15-5-8-18(13-19(15)28-22-23-11-4-12-24-22)21-25-20(26-29-21)17-9-6-16(7-10-17)14-27(2)3/h4-13H,14H2,1-3H3. The van der Waals surface area contributed by atoms with Gasteiger partial charge in [-0.15, -0.1) is 0 Å². The number of aryl methyl sites for hydroxylation is 1. The number of rotatable bonds is 6. The first-order valence-corrected chi connectivity index (χ1v) is 9.22. The van der Waals surface area contributed by atoms with Gasteiger partial charge in [0, 0.05) is 30.1 Å². The summed E-state index contributed by atoms with van der Waals surface area (Å²) in [4.78, 5) is 14.9. The molecule has 0 N–H and O–H groups in total. The number of aromatic nitrogens is 4. The summed E-state index contributed by atoms with van der Waals surface area (Å²) < 4.78 is 11.3. The predicted octanol–water partition coefficient (Wildman–Crippen LogP) is 4.36. The van der Waals surface area contributed by atoms with Crippen LogP contribution in [0.15, 0.2) is 65.4 Å². The fraction of sp³-hybridized carbons (Fsp3) is 0.182. The molecule has 0 fully saturated rings. The minimum absolute atomic E-state index is 0.289. The lowest BCUT2D eigenvalue weighted by atomic mass is 10.1. The van der Waals surface area contributed by atoms with Gasteiger partial charge in [-0.3, -0.25) is 0 Å². The number of benzene rings is 2. The molecule has 4 rings (SSSR count). The molecule has 4 aromatic rings. The average Bonchev–Trinajstić information content (AvgIpc) is 3.21. The van der Waals surface area contributed by atoms with E-state index in [1.807, 2.05) is 51.4 Å². The van der Waals surface area contributed by atoms with Crippen molar-refractivity contribution in [1.29, 1.82) is 0 Å². The third-order valence-electron chi connectivity index (χ3n) is 4.32. The summed E-state index contributed by atoms with van der Waals surface area (Å²) in [7, 11) is 4.09. The van der Waals surface area contributed by atoms with Crippen molar-refractivity contribution < 1.29 is 9.26 Å². The van der Waals surface area contributed by atoms with Crippen molar-refractivity contribution in [2.45, 2.75) is 13.5 Å². The van der Waals surface area contributed by atoms with Crippen molar-refractivity contribution in [3.05, 3.63) is 72.1 Å². The van der Waals surface area contributed by atoms with E-state index in [0.717, 1.165) is 23.2 Å². The minimum Gasteiger partial charge on any atom is -0.424 e. The van der Waals surface area contributed by atoms with Crippen LogP contribution in [0.3, 0.4) is 0 Å². The van der Waals surface area contributed by atoms with Crippen LogP contribution in [0, 0.1) is 6.92 Å². The molecule has 7 nitrogen and oxygen atoms in total. The molecule has 2 aromatic carbocycles. The zero-order valence-corrected chi connectivity index (χ0v) is 16.5. The van der Waals surface area contributed by atoms with Crippen molar-refractivity contribution in [2.75, 3.05) is 14.1 Å². The summed E-state index contributed by atoms with van der Waals surface area (Å²) in [6.07, 6.45) is 3.27. The molecule has 0 saturated heterocycles. The lowest BCUT2D eigenvalue weighted by molar-refractivity contribution is 0.402. The molecule has 0 amide bonds. The number of hydrogen-bond acceptors (Lipinski definition) is 7. The lowest BCUT2D eigenvalue weighted by Crippen LogP contribution is -2.10. The van der Waals surface area contributed by atoms with Gasteiger partial charge in [0.1, 0.15) is 5.75 Å². The SMILES string of the molecule is Cc1ccc(-c2nc(-c3ccc(CN(C)C)cc3)no2)cc1Oc1ncccn1. The van der Waals surface area contributed by atoms with Crippen molar-refractivity contribution >= 4 is 0 Å². The quantitative estimate of drug-likeness (QED) is 0.486. The Labute approximate surface area is 169 Å². The van der Waals surface area contributed by atoms with Gasteiger partial charge in [-0.25, -0.2) is 9.97 Å². The maximum Gasteiger partial charge on any atom is 0.321 e. The van der Waals surface area contributed by atoms with E-state index in [-0.39, 0.29) is 6.01 Å². The van der Waals surface area contributed by atoms with Crippen LogP contribution in [0.5, 0.6) is 11.8 Å². The summed E-state index contributed by atoms with van der Waals surface area (Å²) in [6.45, 7) is 2.84.